The first-order valence-electron chi connectivity index (χ1n) is 5.82. The van der Waals surface area contributed by atoms with E-state index in [1.165, 1.54) is 12.1 Å². The number of hydrogen-bond donors (Lipinski definition) is 1. The van der Waals surface area contributed by atoms with Crippen LogP contribution in [0.25, 0.3) is 0 Å². The Bertz CT molecular complexity index is 531. The lowest BCUT2D eigenvalue weighted by Crippen LogP contribution is -2.32. The van der Waals surface area contributed by atoms with Gasteiger partial charge in [0.05, 0.1) is 11.0 Å². The van der Waals surface area contributed by atoms with E-state index in [9.17, 15) is 13.5 Å². The maximum absolute atomic E-state index is 12.0. The minimum atomic E-state index is -3.80. The highest BCUT2D eigenvalue weighted by Crippen LogP contribution is 2.21. The zero-order valence-corrected chi connectivity index (χ0v) is 10.9. The Morgan fingerprint density at radius 1 is 1.17 bits per heavy atom. The number of hydrogen-bond acceptors (Lipinski definition) is 4. The van der Waals surface area contributed by atoms with Crippen LogP contribution in [0.4, 0.5) is 0 Å². The van der Waals surface area contributed by atoms with Crippen molar-refractivity contribution in [2.45, 2.75) is 36.9 Å². The maximum atomic E-state index is 12.0. The predicted molar refractivity (Wildman–Crippen MR) is 67.6 cm³/mol. The second kappa shape index (κ2) is 5.22. The van der Waals surface area contributed by atoms with Gasteiger partial charge in [0.2, 0.25) is 0 Å². The molecule has 0 saturated heterocycles. The molecule has 0 fully saturated rings. The van der Waals surface area contributed by atoms with E-state index in [0.717, 1.165) is 5.56 Å². The second-order valence-electron chi connectivity index (χ2n) is 4.41. The van der Waals surface area contributed by atoms with E-state index < -0.39 is 22.3 Å². The van der Waals surface area contributed by atoms with Crippen LogP contribution in [-0.2, 0) is 14.3 Å². The lowest BCUT2D eigenvalue weighted by atomic mass is 10.0. The minimum Gasteiger partial charge on any atom is -0.390 e. The molecule has 0 bridgehead atoms. The first kappa shape index (κ1) is 13.3. The van der Waals surface area contributed by atoms with Crippen LogP contribution in [0.3, 0.4) is 0 Å². The van der Waals surface area contributed by atoms with Crippen LogP contribution in [0.1, 0.15) is 18.4 Å². The number of benzene rings is 1. The number of aliphatic hydroxyl groups is 1. The van der Waals surface area contributed by atoms with Crippen LogP contribution in [0, 0.1) is 6.92 Å². The van der Waals surface area contributed by atoms with Gasteiger partial charge in [-0.15, -0.1) is 0 Å². The largest absolute Gasteiger partial charge is 0.390 e. The Balaban J connectivity index is 2.16. The molecule has 0 aromatic heterocycles. The quantitative estimate of drug-likeness (QED) is 0.670. The van der Waals surface area contributed by atoms with Crippen molar-refractivity contribution in [3.63, 3.8) is 0 Å². The Labute approximate surface area is 107 Å². The van der Waals surface area contributed by atoms with Crippen molar-refractivity contribution in [2.24, 2.45) is 0 Å². The van der Waals surface area contributed by atoms with E-state index in [0.29, 0.717) is 12.8 Å². The molecule has 98 valence electrons. The van der Waals surface area contributed by atoms with Crippen LogP contribution < -0.4 is 0 Å². The highest BCUT2D eigenvalue weighted by atomic mass is 32.2. The van der Waals surface area contributed by atoms with Crippen molar-refractivity contribution in [3.8, 4) is 0 Å². The van der Waals surface area contributed by atoms with Crippen LogP contribution in [0.2, 0.25) is 0 Å². The molecule has 5 heteroatoms. The van der Waals surface area contributed by atoms with Crippen molar-refractivity contribution in [2.75, 3.05) is 0 Å². The fourth-order valence-corrected chi connectivity index (χ4v) is 2.91. The summed E-state index contributed by atoms with van der Waals surface area (Å²) in [6.07, 6.45) is 3.02. The zero-order valence-electron chi connectivity index (χ0n) is 10.1. The third-order valence-corrected chi connectivity index (χ3v) is 4.25. The molecule has 0 unspecified atom stereocenters. The number of aryl methyl sites for hydroxylation is 1. The molecule has 0 amide bonds. The minimum absolute atomic E-state index is 0.120. The van der Waals surface area contributed by atoms with Gasteiger partial charge in [0.25, 0.3) is 10.1 Å². The molecule has 0 saturated carbocycles. The average molecular weight is 268 g/mol. The summed E-state index contributed by atoms with van der Waals surface area (Å²) in [7, 11) is -3.80. The molecule has 18 heavy (non-hydrogen) atoms. The van der Waals surface area contributed by atoms with E-state index in [4.69, 9.17) is 4.18 Å². The first-order valence-corrected chi connectivity index (χ1v) is 7.23. The van der Waals surface area contributed by atoms with E-state index in [2.05, 4.69) is 0 Å². The summed E-state index contributed by atoms with van der Waals surface area (Å²) in [5.41, 5.74) is 0.981. The Kier molecular flexibility index (Phi) is 3.85. The van der Waals surface area contributed by atoms with Gasteiger partial charge in [-0.2, -0.15) is 8.42 Å². The molecular formula is C13H16O4S. The van der Waals surface area contributed by atoms with Gasteiger partial charge in [-0.25, -0.2) is 0 Å². The van der Waals surface area contributed by atoms with E-state index >= 15 is 0 Å². The lowest BCUT2D eigenvalue weighted by molar-refractivity contribution is 0.0395. The highest BCUT2D eigenvalue weighted by Gasteiger charge is 2.27. The Morgan fingerprint density at radius 2 is 1.78 bits per heavy atom. The smallest absolute Gasteiger partial charge is 0.297 e. The average Bonchev–Trinajstić information content (AvgIpc) is 2.32. The topological polar surface area (TPSA) is 63.6 Å². The van der Waals surface area contributed by atoms with E-state index in [1.807, 2.05) is 19.1 Å². The molecule has 0 aliphatic heterocycles. The molecule has 2 rings (SSSR count). The molecule has 0 spiro atoms. The SMILES string of the molecule is Cc1ccc(S(=O)(=O)O[C@H]2CC=CC[C@H]2O)cc1. The highest BCUT2D eigenvalue weighted by molar-refractivity contribution is 7.86. The van der Waals surface area contributed by atoms with E-state index in [-0.39, 0.29) is 4.90 Å². The standard InChI is InChI=1S/C13H16O4S/c1-10-6-8-11(9-7-10)18(15,16)17-13-5-3-2-4-12(13)14/h2-3,6-9,12-14H,4-5H2,1H3/t12-,13+/m1/s1. The molecular weight excluding hydrogens is 252 g/mol. The maximum Gasteiger partial charge on any atom is 0.297 e. The zero-order chi connectivity index (χ0) is 13.2. The third-order valence-electron chi connectivity index (χ3n) is 2.90. The Morgan fingerprint density at radius 3 is 2.39 bits per heavy atom. The van der Waals surface area contributed by atoms with Crippen LogP contribution >= 0.6 is 0 Å². The van der Waals surface area contributed by atoms with Gasteiger partial charge in [0, 0.05) is 0 Å². The first-order chi connectivity index (χ1) is 8.49. The van der Waals surface area contributed by atoms with Crippen molar-refractivity contribution in [3.05, 3.63) is 42.0 Å². The lowest BCUT2D eigenvalue weighted by Gasteiger charge is -2.23. The van der Waals surface area contributed by atoms with Crippen molar-refractivity contribution in [1.82, 2.24) is 0 Å². The normalized spacial score (nSPS) is 24.1. The molecule has 1 aliphatic rings. The second-order valence-corrected chi connectivity index (χ2v) is 5.98. The van der Waals surface area contributed by atoms with Gasteiger partial charge in [-0.1, -0.05) is 29.8 Å². The summed E-state index contributed by atoms with van der Waals surface area (Å²) in [6.45, 7) is 1.88. The molecule has 1 aromatic rings. The molecule has 2 atom stereocenters. The molecule has 1 aliphatic carbocycles. The van der Waals surface area contributed by atoms with Crippen LogP contribution in [0.15, 0.2) is 41.3 Å². The fourth-order valence-electron chi connectivity index (χ4n) is 1.80. The van der Waals surface area contributed by atoms with E-state index in [1.54, 1.807) is 12.1 Å². The van der Waals surface area contributed by atoms with Gasteiger partial charge in [-0.3, -0.25) is 4.18 Å². The molecule has 4 nitrogen and oxygen atoms in total. The van der Waals surface area contributed by atoms with Gasteiger partial charge in [-0.05, 0) is 31.9 Å². The third kappa shape index (κ3) is 2.98. The summed E-state index contributed by atoms with van der Waals surface area (Å²) in [6, 6.07) is 6.45. The Hall–Kier alpha value is -1.17. The summed E-state index contributed by atoms with van der Waals surface area (Å²) >= 11 is 0. The van der Waals surface area contributed by atoms with Crippen LogP contribution in [-0.4, -0.2) is 25.7 Å². The van der Waals surface area contributed by atoms with Gasteiger partial charge in [0.15, 0.2) is 0 Å². The van der Waals surface area contributed by atoms with Crippen molar-refractivity contribution >= 4 is 10.1 Å². The summed E-state index contributed by atoms with van der Waals surface area (Å²) in [5.74, 6) is 0. The monoisotopic (exact) mass is 268 g/mol. The molecule has 1 aromatic carbocycles. The number of aliphatic hydroxyl groups excluding tert-OH is 1. The fraction of sp³-hybridized carbons (Fsp3) is 0.385. The molecule has 0 radical (unpaired) electrons. The number of rotatable bonds is 3. The van der Waals surface area contributed by atoms with Crippen molar-refractivity contribution in [1.29, 1.82) is 0 Å². The summed E-state index contributed by atoms with van der Waals surface area (Å²) < 4.78 is 29.1. The van der Waals surface area contributed by atoms with Crippen molar-refractivity contribution < 1.29 is 17.7 Å². The summed E-state index contributed by atoms with van der Waals surface area (Å²) in [5, 5.41) is 9.68. The van der Waals surface area contributed by atoms with Gasteiger partial charge >= 0.3 is 0 Å². The van der Waals surface area contributed by atoms with Crippen LogP contribution in [0.5, 0.6) is 0 Å². The molecule has 0 heterocycles. The summed E-state index contributed by atoms with van der Waals surface area (Å²) in [4.78, 5) is 0.120. The predicted octanol–water partition coefficient (Wildman–Crippen LogP) is 1.78. The van der Waals surface area contributed by atoms with Gasteiger partial charge in [0.1, 0.15) is 6.10 Å². The van der Waals surface area contributed by atoms with Gasteiger partial charge < -0.3 is 5.11 Å². The molecule has 1 N–H and O–H groups in total.